The largest absolute Gasteiger partial charge is 0.396 e. The van der Waals surface area contributed by atoms with Gasteiger partial charge in [-0.25, -0.2) is 0 Å². The Hall–Kier alpha value is -0.0800. The van der Waals surface area contributed by atoms with Crippen LogP contribution in [0.25, 0.3) is 0 Å². The van der Waals surface area contributed by atoms with Crippen LogP contribution < -0.4 is 0 Å². The van der Waals surface area contributed by atoms with E-state index in [4.69, 9.17) is 4.74 Å². The molecular formula is C12H24O2. The molecule has 0 aromatic carbocycles. The van der Waals surface area contributed by atoms with E-state index in [0.717, 1.165) is 19.3 Å². The molecule has 0 aromatic heterocycles. The minimum Gasteiger partial charge on any atom is -0.396 e. The lowest BCUT2D eigenvalue weighted by molar-refractivity contribution is -0.0435. The maximum atomic E-state index is 9.19. The van der Waals surface area contributed by atoms with Crippen LogP contribution in [0.2, 0.25) is 0 Å². The lowest BCUT2D eigenvalue weighted by Crippen LogP contribution is -2.39. The zero-order chi connectivity index (χ0) is 10.8. The molecule has 0 saturated heterocycles. The van der Waals surface area contributed by atoms with Crippen LogP contribution >= 0.6 is 0 Å². The van der Waals surface area contributed by atoms with E-state index in [9.17, 15) is 5.11 Å². The molecule has 0 amide bonds. The summed E-state index contributed by atoms with van der Waals surface area (Å²) in [6, 6.07) is 0. The number of aliphatic hydroxyl groups is 1. The summed E-state index contributed by atoms with van der Waals surface area (Å²) in [6.45, 7) is 7.14. The van der Waals surface area contributed by atoms with Crippen LogP contribution in [0.1, 0.15) is 40.0 Å². The summed E-state index contributed by atoms with van der Waals surface area (Å²) < 4.78 is 5.54. The maximum absolute atomic E-state index is 9.19. The van der Waals surface area contributed by atoms with Crippen LogP contribution in [-0.4, -0.2) is 24.9 Å². The van der Waals surface area contributed by atoms with Crippen molar-refractivity contribution < 1.29 is 9.84 Å². The molecule has 2 nitrogen and oxygen atoms in total. The van der Waals surface area contributed by atoms with Crippen molar-refractivity contribution >= 4 is 0 Å². The molecule has 1 rings (SSSR count). The topological polar surface area (TPSA) is 29.5 Å². The van der Waals surface area contributed by atoms with E-state index < -0.39 is 0 Å². The van der Waals surface area contributed by atoms with Crippen LogP contribution in [0.4, 0.5) is 0 Å². The molecule has 3 atom stereocenters. The minimum atomic E-state index is 0.286. The van der Waals surface area contributed by atoms with Crippen molar-refractivity contribution in [1.29, 1.82) is 0 Å². The summed E-state index contributed by atoms with van der Waals surface area (Å²) in [7, 11) is 1.81. The second-order valence-corrected chi connectivity index (χ2v) is 5.61. The van der Waals surface area contributed by atoms with Crippen molar-refractivity contribution in [2.75, 3.05) is 13.7 Å². The fraction of sp³-hybridized carbons (Fsp3) is 1.00. The van der Waals surface area contributed by atoms with Crippen molar-refractivity contribution in [1.82, 2.24) is 0 Å². The first-order chi connectivity index (χ1) is 6.49. The van der Waals surface area contributed by atoms with E-state index in [1.54, 1.807) is 0 Å². The molecule has 1 saturated carbocycles. The monoisotopic (exact) mass is 200 g/mol. The van der Waals surface area contributed by atoms with Gasteiger partial charge in [0.25, 0.3) is 0 Å². The van der Waals surface area contributed by atoms with Crippen molar-refractivity contribution in [2.24, 2.45) is 17.3 Å². The van der Waals surface area contributed by atoms with Gasteiger partial charge in [-0.15, -0.1) is 0 Å². The van der Waals surface area contributed by atoms with Crippen molar-refractivity contribution in [3.8, 4) is 0 Å². The highest BCUT2D eigenvalue weighted by Crippen LogP contribution is 2.41. The van der Waals surface area contributed by atoms with Gasteiger partial charge < -0.3 is 9.84 Å². The molecule has 0 radical (unpaired) electrons. The van der Waals surface area contributed by atoms with E-state index in [-0.39, 0.29) is 5.41 Å². The molecule has 0 spiro atoms. The van der Waals surface area contributed by atoms with Gasteiger partial charge in [0, 0.05) is 13.7 Å². The standard InChI is InChI=1S/C12H24O2/c1-12(2,3)10-7-9(8-13)5-6-11(10)14-4/h9-11,13H,5-8H2,1-4H3. The maximum Gasteiger partial charge on any atom is 0.0604 e. The second kappa shape index (κ2) is 4.63. The summed E-state index contributed by atoms with van der Waals surface area (Å²) in [6.07, 6.45) is 3.71. The molecular weight excluding hydrogens is 176 g/mol. The predicted molar refractivity (Wildman–Crippen MR) is 58.2 cm³/mol. The molecule has 1 aliphatic carbocycles. The van der Waals surface area contributed by atoms with Gasteiger partial charge in [0.2, 0.25) is 0 Å². The normalized spacial score (nSPS) is 34.5. The third-order valence-corrected chi connectivity index (χ3v) is 3.57. The van der Waals surface area contributed by atoms with Crippen LogP contribution in [0.3, 0.4) is 0 Å². The van der Waals surface area contributed by atoms with Crippen molar-refractivity contribution in [3.05, 3.63) is 0 Å². The SMILES string of the molecule is COC1CCC(CO)CC1C(C)(C)C. The zero-order valence-electron chi connectivity index (χ0n) is 9.92. The Morgan fingerprint density at radius 1 is 1.29 bits per heavy atom. The molecule has 0 heterocycles. The van der Waals surface area contributed by atoms with E-state index in [2.05, 4.69) is 20.8 Å². The van der Waals surface area contributed by atoms with Crippen LogP contribution in [0, 0.1) is 17.3 Å². The lowest BCUT2D eigenvalue weighted by atomic mass is 9.67. The molecule has 2 heteroatoms. The second-order valence-electron chi connectivity index (χ2n) is 5.61. The molecule has 0 aliphatic heterocycles. The molecule has 3 unspecified atom stereocenters. The van der Waals surface area contributed by atoms with Gasteiger partial charge in [-0.2, -0.15) is 0 Å². The average molecular weight is 200 g/mol. The molecule has 14 heavy (non-hydrogen) atoms. The summed E-state index contributed by atoms with van der Waals surface area (Å²) in [5.74, 6) is 1.07. The third kappa shape index (κ3) is 2.71. The molecule has 0 bridgehead atoms. The summed E-state index contributed by atoms with van der Waals surface area (Å²) in [4.78, 5) is 0. The quantitative estimate of drug-likeness (QED) is 0.742. The molecule has 1 N–H and O–H groups in total. The van der Waals surface area contributed by atoms with Gasteiger partial charge >= 0.3 is 0 Å². The Labute approximate surface area is 87.7 Å². The van der Waals surface area contributed by atoms with Gasteiger partial charge in [-0.05, 0) is 36.5 Å². The number of ether oxygens (including phenoxy) is 1. The molecule has 1 aliphatic rings. The fourth-order valence-corrected chi connectivity index (χ4v) is 2.59. The lowest BCUT2D eigenvalue weighted by Gasteiger charge is -2.42. The van der Waals surface area contributed by atoms with E-state index in [1.165, 1.54) is 0 Å². The molecule has 1 fully saturated rings. The molecule has 0 aromatic rings. The highest BCUT2D eigenvalue weighted by molar-refractivity contribution is 4.87. The highest BCUT2D eigenvalue weighted by Gasteiger charge is 2.37. The van der Waals surface area contributed by atoms with Crippen molar-refractivity contribution in [2.45, 2.75) is 46.1 Å². The summed E-state index contributed by atoms with van der Waals surface area (Å²) in [5, 5.41) is 9.19. The van der Waals surface area contributed by atoms with E-state index in [1.807, 2.05) is 7.11 Å². The number of hydrogen-bond donors (Lipinski definition) is 1. The average Bonchev–Trinajstić information content (AvgIpc) is 2.15. The summed E-state index contributed by atoms with van der Waals surface area (Å²) in [5.41, 5.74) is 0.286. The van der Waals surface area contributed by atoms with Gasteiger partial charge in [-0.1, -0.05) is 20.8 Å². The molecule has 84 valence electrons. The number of methoxy groups -OCH3 is 1. The Kier molecular flexibility index (Phi) is 3.96. The fourth-order valence-electron chi connectivity index (χ4n) is 2.59. The van der Waals surface area contributed by atoms with Gasteiger partial charge in [0.15, 0.2) is 0 Å². The Morgan fingerprint density at radius 2 is 1.93 bits per heavy atom. The Bertz CT molecular complexity index is 172. The van der Waals surface area contributed by atoms with Crippen LogP contribution in [0.5, 0.6) is 0 Å². The van der Waals surface area contributed by atoms with Gasteiger partial charge in [-0.3, -0.25) is 0 Å². The van der Waals surface area contributed by atoms with Crippen LogP contribution in [-0.2, 0) is 4.74 Å². The Morgan fingerprint density at radius 3 is 2.36 bits per heavy atom. The first-order valence-electron chi connectivity index (χ1n) is 5.62. The Balaban J connectivity index is 2.65. The number of aliphatic hydroxyl groups excluding tert-OH is 1. The van der Waals surface area contributed by atoms with Gasteiger partial charge in [0.1, 0.15) is 0 Å². The minimum absolute atomic E-state index is 0.286. The predicted octanol–water partition coefficient (Wildman–Crippen LogP) is 2.46. The van der Waals surface area contributed by atoms with Crippen molar-refractivity contribution in [3.63, 3.8) is 0 Å². The smallest absolute Gasteiger partial charge is 0.0604 e. The highest BCUT2D eigenvalue weighted by atomic mass is 16.5. The van der Waals surface area contributed by atoms with Gasteiger partial charge in [0.05, 0.1) is 6.10 Å². The zero-order valence-corrected chi connectivity index (χ0v) is 9.92. The third-order valence-electron chi connectivity index (χ3n) is 3.57. The van der Waals surface area contributed by atoms with E-state index >= 15 is 0 Å². The first-order valence-corrected chi connectivity index (χ1v) is 5.62. The van der Waals surface area contributed by atoms with Crippen LogP contribution in [0.15, 0.2) is 0 Å². The first kappa shape index (κ1) is 12.0. The van der Waals surface area contributed by atoms with E-state index in [0.29, 0.717) is 24.5 Å². The summed E-state index contributed by atoms with van der Waals surface area (Å²) >= 11 is 0. The number of rotatable bonds is 2. The number of hydrogen-bond acceptors (Lipinski definition) is 2.